The molecule has 2 fully saturated rings. The first-order valence-electron chi connectivity index (χ1n) is 8.48. The van der Waals surface area contributed by atoms with Gasteiger partial charge in [-0.2, -0.15) is 0 Å². The van der Waals surface area contributed by atoms with Gasteiger partial charge < -0.3 is 10.2 Å². The highest BCUT2D eigenvalue weighted by Crippen LogP contribution is 2.31. The van der Waals surface area contributed by atoms with Crippen molar-refractivity contribution in [2.75, 3.05) is 24.5 Å². The Morgan fingerprint density at radius 2 is 1.95 bits per heavy atom. The van der Waals surface area contributed by atoms with E-state index in [1.807, 2.05) is 6.07 Å². The Morgan fingerprint density at radius 3 is 2.76 bits per heavy atom. The maximum absolute atomic E-state index is 6.45. The van der Waals surface area contributed by atoms with E-state index >= 15 is 0 Å². The summed E-state index contributed by atoms with van der Waals surface area (Å²) in [6.45, 7) is 5.50. The first kappa shape index (κ1) is 15.2. The quantitative estimate of drug-likeness (QED) is 0.871. The van der Waals surface area contributed by atoms with E-state index in [2.05, 4.69) is 29.3 Å². The number of hydrogen-bond acceptors (Lipinski definition) is 2. The molecule has 2 nitrogen and oxygen atoms in total. The summed E-state index contributed by atoms with van der Waals surface area (Å²) < 4.78 is 0. The van der Waals surface area contributed by atoms with E-state index in [1.54, 1.807) is 0 Å². The molecule has 0 radical (unpaired) electrons. The summed E-state index contributed by atoms with van der Waals surface area (Å²) in [5, 5.41) is 4.69. The SMILES string of the molecule is Cc1ccc(Cl)c(N2CCCNC(C3CCCCC3)C2)c1. The minimum atomic E-state index is 0.629. The van der Waals surface area contributed by atoms with Crippen LogP contribution in [0.25, 0.3) is 0 Å². The van der Waals surface area contributed by atoms with Crippen molar-refractivity contribution in [2.45, 2.75) is 51.5 Å². The van der Waals surface area contributed by atoms with Gasteiger partial charge in [-0.3, -0.25) is 0 Å². The van der Waals surface area contributed by atoms with Gasteiger partial charge in [0.15, 0.2) is 0 Å². The Morgan fingerprint density at radius 1 is 1.14 bits per heavy atom. The lowest BCUT2D eigenvalue weighted by molar-refractivity contribution is 0.277. The van der Waals surface area contributed by atoms with E-state index in [0.29, 0.717) is 6.04 Å². The second-order valence-electron chi connectivity index (χ2n) is 6.71. The van der Waals surface area contributed by atoms with Crippen LogP contribution in [0.4, 0.5) is 5.69 Å². The number of anilines is 1. The number of benzene rings is 1. The fourth-order valence-corrected chi connectivity index (χ4v) is 4.12. The summed E-state index contributed by atoms with van der Waals surface area (Å²) in [6, 6.07) is 7.01. The lowest BCUT2D eigenvalue weighted by Gasteiger charge is -2.34. The molecule has 0 amide bonds. The maximum Gasteiger partial charge on any atom is 0.0639 e. The highest BCUT2D eigenvalue weighted by atomic mass is 35.5. The summed E-state index contributed by atoms with van der Waals surface area (Å²) in [5.41, 5.74) is 2.52. The van der Waals surface area contributed by atoms with E-state index in [0.717, 1.165) is 30.6 Å². The second-order valence-corrected chi connectivity index (χ2v) is 7.12. The molecule has 1 aromatic carbocycles. The fourth-order valence-electron chi connectivity index (χ4n) is 3.89. The summed E-state index contributed by atoms with van der Waals surface area (Å²) in [5.74, 6) is 0.850. The first-order valence-corrected chi connectivity index (χ1v) is 8.86. The topological polar surface area (TPSA) is 15.3 Å². The van der Waals surface area contributed by atoms with Crippen molar-refractivity contribution in [1.29, 1.82) is 0 Å². The molecule has 0 aromatic heterocycles. The third-order valence-electron chi connectivity index (χ3n) is 5.09. The van der Waals surface area contributed by atoms with Crippen LogP contribution in [0.2, 0.25) is 5.02 Å². The lowest BCUT2D eigenvalue weighted by Crippen LogP contribution is -2.43. The number of nitrogens with zero attached hydrogens (tertiary/aromatic N) is 1. The van der Waals surface area contributed by atoms with Crippen LogP contribution in [0.1, 0.15) is 44.1 Å². The molecule has 1 saturated carbocycles. The smallest absolute Gasteiger partial charge is 0.0639 e. The third-order valence-corrected chi connectivity index (χ3v) is 5.41. The van der Waals surface area contributed by atoms with E-state index in [9.17, 15) is 0 Å². The van der Waals surface area contributed by atoms with Crippen LogP contribution in [0.3, 0.4) is 0 Å². The van der Waals surface area contributed by atoms with Gasteiger partial charge in [-0.05, 0) is 56.3 Å². The van der Waals surface area contributed by atoms with Gasteiger partial charge in [0.2, 0.25) is 0 Å². The Balaban J connectivity index is 1.76. The molecule has 1 aliphatic heterocycles. The van der Waals surface area contributed by atoms with Crippen LogP contribution in [-0.4, -0.2) is 25.7 Å². The molecule has 0 bridgehead atoms. The summed E-state index contributed by atoms with van der Waals surface area (Å²) in [6.07, 6.45) is 8.24. The number of hydrogen-bond donors (Lipinski definition) is 1. The van der Waals surface area contributed by atoms with Crippen LogP contribution >= 0.6 is 11.6 Å². The molecule has 1 unspecified atom stereocenters. The van der Waals surface area contributed by atoms with Crippen molar-refractivity contribution in [3.63, 3.8) is 0 Å². The van der Waals surface area contributed by atoms with E-state index in [-0.39, 0.29) is 0 Å². The van der Waals surface area contributed by atoms with E-state index in [4.69, 9.17) is 11.6 Å². The van der Waals surface area contributed by atoms with E-state index in [1.165, 1.54) is 49.8 Å². The predicted octanol–water partition coefficient (Wildman–Crippen LogP) is 4.40. The van der Waals surface area contributed by atoms with Crippen molar-refractivity contribution >= 4 is 17.3 Å². The maximum atomic E-state index is 6.45. The summed E-state index contributed by atoms with van der Waals surface area (Å²) in [7, 11) is 0. The number of halogens is 1. The van der Waals surface area contributed by atoms with Crippen molar-refractivity contribution in [2.24, 2.45) is 5.92 Å². The predicted molar refractivity (Wildman–Crippen MR) is 91.4 cm³/mol. The number of nitrogens with one attached hydrogen (secondary N) is 1. The monoisotopic (exact) mass is 306 g/mol. The zero-order chi connectivity index (χ0) is 14.7. The number of rotatable bonds is 2. The van der Waals surface area contributed by atoms with E-state index < -0.39 is 0 Å². The minimum absolute atomic E-state index is 0.629. The molecule has 1 heterocycles. The van der Waals surface area contributed by atoms with Gasteiger partial charge in [0.1, 0.15) is 0 Å². The highest BCUT2D eigenvalue weighted by Gasteiger charge is 2.27. The van der Waals surface area contributed by atoms with Gasteiger partial charge in [-0.25, -0.2) is 0 Å². The molecule has 1 N–H and O–H groups in total. The zero-order valence-electron chi connectivity index (χ0n) is 13.1. The van der Waals surface area contributed by atoms with Gasteiger partial charge in [-0.15, -0.1) is 0 Å². The molecule has 3 heteroatoms. The Hall–Kier alpha value is -0.730. The first-order chi connectivity index (χ1) is 10.2. The van der Waals surface area contributed by atoms with Crippen molar-refractivity contribution in [3.8, 4) is 0 Å². The zero-order valence-corrected chi connectivity index (χ0v) is 13.8. The Bertz CT molecular complexity index is 468. The molecular formula is C18H27ClN2. The number of aryl methyl sites for hydroxylation is 1. The van der Waals surface area contributed by atoms with Gasteiger partial charge >= 0.3 is 0 Å². The van der Waals surface area contributed by atoms with Gasteiger partial charge in [-0.1, -0.05) is 36.9 Å². The largest absolute Gasteiger partial charge is 0.369 e. The third kappa shape index (κ3) is 3.73. The van der Waals surface area contributed by atoms with Crippen LogP contribution in [-0.2, 0) is 0 Å². The van der Waals surface area contributed by atoms with Crippen LogP contribution < -0.4 is 10.2 Å². The molecule has 0 spiro atoms. The van der Waals surface area contributed by atoms with Gasteiger partial charge in [0.25, 0.3) is 0 Å². The van der Waals surface area contributed by atoms with Crippen LogP contribution in [0.15, 0.2) is 18.2 Å². The molecule has 1 atom stereocenters. The summed E-state index contributed by atoms with van der Waals surface area (Å²) >= 11 is 6.45. The van der Waals surface area contributed by atoms with Crippen molar-refractivity contribution in [3.05, 3.63) is 28.8 Å². The molecule has 3 rings (SSSR count). The van der Waals surface area contributed by atoms with Crippen molar-refractivity contribution < 1.29 is 0 Å². The summed E-state index contributed by atoms with van der Waals surface area (Å²) in [4.78, 5) is 2.51. The Kier molecular flexibility index (Phi) is 5.07. The van der Waals surface area contributed by atoms with Crippen LogP contribution in [0.5, 0.6) is 0 Å². The normalized spacial score (nSPS) is 24.9. The second kappa shape index (κ2) is 7.02. The lowest BCUT2D eigenvalue weighted by atomic mass is 9.83. The highest BCUT2D eigenvalue weighted by molar-refractivity contribution is 6.33. The molecule has 21 heavy (non-hydrogen) atoms. The molecular weight excluding hydrogens is 280 g/mol. The molecule has 1 saturated heterocycles. The van der Waals surface area contributed by atoms with Crippen molar-refractivity contribution in [1.82, 2.24) is 5.32 Å². The molecule has 2 aliphatic rings. The van der Waals surface area contributed by atoms with Crippen LogP contribution in [0, 0.1) is 12.8 Å². The van der Waals surface area contributed by atoms with Gasteiger partial charge in [0, 0.05) is 19.1 Å². The molecule has 1 aliphatic carbocycles. The molecule has 116 valence electrons. The average molecular weight is 307 g/mol. The van der Waals surface area contributed by atoms with Gasteiger partial charge in [0.05, 0.1) is 10.7 Å². The fraction of sp³-hybridized carbons (Fsp3) is 0.667. The standard InChI is InChI=1S/C18H27ClN2/c1-14-8-9-16(19)18(12-14)21-11-5-10-20-17(13-21)15-6-3-2-4-7-15/h8-9,12,15,17,20H,2-7,10-11,13H2,1H3. The Labute approximate surface area is 133 Å². The average Bonchev–Trinajstić information content (AvgIpc) is 2.76. The molecule has 1 aromatic rings. The minimum Gasteiger partial charge on any atom is -0.369 e.